The Morgan fingerprint density at radius 3 is 2.50 bits per heavy atom. The van der Waals surface area contributed by atoms with Crippen LogP contribution in [0.3, 0.4) is 0 Å². The lowest BCUT2D eigenvalue weighted by Crippen LogP contribution is -2.29. The monoisotopic (exact) mass is 448 g/mol. The normalized spacial score (nSPS) is 11.5. The number of hydrogen-bond donors (Lipinski definition) is 3. The number of phenols is 1. The highest BCUT2D eigenvalue weighted by Crippen LogP contribution is 2.30. The first-order valence-corrected chi connectivity index (χ1v) is 10.7. The first-order chi connectivity index (χ1) is 15.2. The minimum atomic E-state index is -0.350. The second-order valence-corrected chi connectivity index (χ2v) is 9.08. The molecule has 32 heavy (non-hydrogen) atoms. The number of carbonyl (C=O) groups excluding carboxylic acids is 1. The zero-order valence-electron chi connectivity index (χ0n) is 18.2. The summed E-state index contributed by atoms with van der Waals surface area (Å²) in [4.78, 5) is 12.7. The Morgan fingerprint density at radius 1 is 1.03 bits per heavy atom. The van der Waals surface area contributed by atoms with Crippen molar-refractivity contribution in [1.29, 1.82) is 0 Å². The maximum atomic E-state index is 12.7. The minimum absolute atomic E-state index is 0.147. The second-order valence-electron chi connectivity index (χ2n) is 8.65. The molecule has 0 unspecified atom stereocenters. The van der Waals surface area contributed by atoms with E-state index in [1.54, 1.807) is 24.3 Å². The van der Waals surface area contributed by atoms with Gasteiger partial charge in [0.05, 0.1) is 29.3 Å². The van der Waals surface area contributed by atoms with Crippen LogP contribution in [-0.4, -0.2) is 20.9 Å². The molecular weight excluding hydrogens is 424 g/mol. The molecule has 1 heterocycles. The first kappa shape index (κ1) is 21.7. The average Bonchev–Trinajstić information content (AvgIpc) is 3.18. The van der Waals surface area contributed by atoms with Gasteiger partial charge in [-0.3, -0.25) is 0 Å². The number of halogens is 1. The number of anilines is 1. The lowest BCUT2D eigenvalue weighted by molar-refractivity contribution is 0.251. The fourth-order valence-corrected chi connectivity index (χ4v) is 3.67. The average molecular weight is 449 g/mol. The highest BCUT2D eigenvalue weighted by molar-refractivity contribution is 6.30. The molecule has 0 spiro atoms. The molecule has 0 saturated carbocycles. The van der Waals surface area contributed by atoms with Crippen LogP contribution >= 0.6 is 11.6 Å². The van der Waals surface area contributed by atoms with Crippen LogP contribution < -0.4 is 10.6 Å². The van der Waals surface area contributed by atoms with Crippen LogP contribution in [0.4, 0.5) is 10.5 Å². The number of aromatic nitrogens is 2. The summed E-state index contributed by atoms with van der Waals surface area (Å²) in [5.41, 5.74) is 3.05. The van der Waals surface area contributed by atoms with E-state index >= 15 is 0 Å². The van der Waals surface area contributed by atoms with Gasteiger partial charge in [-0.25, -0.2) is 9.48 Å². The predicted molar refractivity (Wildman–Crippen MR) is 129 cm³/mol. The van der Waals surface area contributed by atoms with E-state index in [4.69, 9.17) is 16.7 Å². The van der Waals surface area contributed by atoms with E-state index in [0.717, 1.165) is 22.5 Å². The zero-order valence-corrected chi connectivity index (χ0v) is 18.9. The van der Waals surface area contributed by atoms with Gasteiger partial charge in [-0.1, -0.05) is 62.7 Å². The molecule has 4 rings (SSSR count). The van der Waals surface area contributed by atoms with Gasteiger partial charge in [-0.15, -0.1) is 0 Å². The van der Waals surface area contributed by atoms with Gasteiger partial charge in [0.1, 0.15) is 5.75 Å². The van der Waals surface area contributed by atoms with Gasteiger partial charge in [0.25, 0.3) is 0 Å². The van der Waals surface area contributed by atoms with Gasteiger partial charge in [-0.2, -0.15) is 5.10 Å². The molecule has 0 fully saturated rings. The fraction of sp³-hybridized carbons (Fsp3) is 0.200. The third-order valence-corrected chi connectivity index (χ3v) is 5.42. The molecule has 0 aliphatic heterocycles. The number of nitrogens with zero attached hydrogens (tertiary/aromatic N) is 2. The van der Waals surface area contributed by atoms with E-state index < -0.39 is 0 Å². The van der Waals surface area contributed by atoms with Gasteiger partial charge < -0.3 is 15.7 Å². The predicted octanol–water partition coefficient (Wildman–Crippen LogP) is 6.00. The van der Waals surface area contributed by atoms with Crippen molar-refractivity contribution in [3.05, 3.63) is 83.1 Å². The Hall–Kier alpha value is -3.51. The van der Waals surface area contributed by atoms with E-state index in [-0.39, 0.29) is 23.7 Å². The van der Waals surface area contributed by atoms with Crippen molar-refractivity contribution in [3.8, 4) is 11.4 Å². The molecule has 164 valence electrons. The fourth-order valence-electron chi connectivity index (χ4n) is 3.48. The molecule has 0 atom stereocenters. The van der Waals surface area contributed by atoms with E-state index in [9.17, 15) is 9.90 Å². The molecule has 1 aromatic heterocycles. The minimum Gasteiger partial charge on any atom is -0.507 e. The van der Waals surface area contributed by atoms with Crippen molar-refractivity contribution in [1.82, 2.24) is 15.1 Å². The maximum absolute atomic E-state index is 12.7. The number of rotatable bonds is 4. The molecular formula is C25H25ClN4O2. The summed E-state index contributed by atoms with van der Waals surface area (Å²) >= 11 is 6.18. The zero-order chi connectivity index (χ0) is 22.9. The number of phenolic OH excluding ortho intramolecular Hbond substituents is 1. The lowest BCUT2D eigenvalue weighted by atomic mass is 9.92. The van der Waals surface area contributed by atoms with E-state index in [0.29, 0.717) is 16.1 Å². The van der Waals surface area contributed by atoms with Gasteiger partial charge in [0.2, 0.25) is 0 Å². The van der Waals surface area contributed by atoms with Crippen LogP contribution in [0.2, 0.25) is 5.02 Å². The Labute approximate surface area is 191 Å². The molecule has 6 nitrogen and oxygen atoms in total. The van der Waals surface area contributed by atoms with Crippen LogP contribution in [0, 0.1) is 0 Å². The molecule has 0 aliphatic carbocycles. The van der Waals surface area contributed by atoms with Crippen molar-refractivity contribution in [2.45, 2.75) is 32.7 Å². The van der Waals surface area contributed by atoms with Gasteiger partial charge >= 0.3 is 6.03 Å². The van der Waals surface area contributed by atoms with Crippen LogP contribution in [0.1, 0.15) is 32.2 Å². The summed E-state index contributed by atoms with van der Waals surface area (Å²) in [6.07, 6.45) is 0. The van der Waals surface area contributed by atoms with Crippen molar-refractivity contribution in [3.63, 3.8) is 0 Å². The van der Waals surface area contributed by atoms with Crippen molar-refractivity contribution >= 4 is 34.1 Å². The standard InChI is InChI=1S/C25H25ClN4O2/c1-25(2,3)23-14-18(30(29-23)17-8-4-7-16(26)13-17)15-27-24(32)28-21-11-5-10-20-19(21)9-6-12-22(20)31/h4-14,31H,15H2,1-3H3,(H2,27,28,32). The lowest BCUT2D eigenvalue weighted by Gasteiger charge is -2.14. The largest absolute Gasteiger partial charge is 0.507 e. The molecule has 3 N–H and O–H groups in total. The summed E-state index contributed by atoms with van der Waals surface area (Å²) in [6.45, 7) is 6.56. The molecule has 2 amide bonds. The van der Waals surface area contributed by atoms with Crippen molar-refractivity contribution in [2.75, 3.05) is 5.32 Å². The summed E-state index contributed by atoms with van der Waals surface area (Å²) < 4.78 is 1.81. The van der Waals surface area contributed by atoms with Crippen LogP contribution in [0.15, 0.2) is 66.7 Å². The number of hydrogen-bond acceptors (Lipinski definition) is 3. The first-order valence-electron chi connectivity index (χ1n) is 10.3. The second kappa shape index (κ2) is 8.55. The van der Waals surface area contributed by atoms with E-state index in [1.807, 2.05) is 47.1 Å². The third kappa shape index (κ3) is 4.55. The maximum Gasteiger partial charge on any atom is 0.319 e. The van der Waals surface area contributed by atoms with Crippen LogP contribution in [0.5, 0.6) is 5.75 Å². The van der Waals surface area contributed by atoms with Crippen molar-refractivity contribution in [2.24, 2.45) is 0 Å². The summed E-state index contributed by atoms with van der Waals surface area (Å²) in [6, 6.07) is 19.7. The number of aromatic hydroxyl groups is 1. The number of fused-ring (bicyclic) bond motifs is 1. The Balaban J connectivity index is 1.57. The topological polar surface area (TPSA) is 79.2 Å². The van der Waals surface area contributed by atoms with Gasteiger partial charge in [0, 0.05) is 21.2 Å². The van der Waals surface area contributed by atoms with E-state index in [2.05, 4.69) is 31.4 Å². The quantitative estimate of drug-likeness (QED) is 0.358. The summed E-state index contributed by atoms with van der Waals surface area (Å²) in [7, 11) is 0. The Morgan fingerprint density at radius 2 is 1.75 bits per heavy atom. The van der Waals surface area contributed by atoms with Crippen molar-refractivity contribution < 1.29 is 9.90 Å². The number of amides is 2. The summed E-state index contributed by atoms with van der Waals surface area (Å²) in [5.74, 6) is 0.173. The van der Waals surface area contributed by atoms with E-state index in [1.165, 1.54) is 0 Å². The molecule has 0 aliphatic rings. The number of urea groups is 1. The highest BCUT2D eigenvalue weighted by atomic mass is 35.5. The van der Waals surface area contributed by atoms with Crippen LogP contribution in [0.25, 0.3) is 16.5 Å². The smallest absolute Gasteiger partial charge is 0.319 e. The highest BCUT2D eigenvalue weighted by Gasteiger charge is 2.21. The Kier molecular flexibility index (Phi) is 5.80. The molecule has 0 radical (unpaired) electrons. The number of carbonyl (C=O) groups is 1. The Bertz CT molecular complexity index is 1290. The molecule has 4 aromatic rings. The number of benzene rings is 3. The molecule has 0 bridgehead atoms. The van der Waals surface area contributed by atoms with Gasteiger partial charge in [-0.05, 0) is 36.4 Å². The summed E-state index contributed by atoms with van der Waals surface area (Å²) in [5, 5.41) is 22.7. The molecule has 0 saturated heterocycles. The van der Waals surface area contributed by atoms with Gasteiger partial charge in [0.15, 0.2) is 0 Å². The molecule has 7 heteroatoms. The molecule has 3 aromatic carbocycles. The SMILES string of the molecule is CC(C)(C)c1cc(CNC(=O)Nc2cccc3c(O)cccc23)n(-c2cccc(Cl)c2)n1. The third-order valence-electron chi connectivity index (χ3n) is 5.18. The number of nitrogens with one attached hydrogen (secondary N) is 2. The van der Waals surface area contributed by atoms with Crippen LogP contribution in [-0.2, 0) is 12.0 Å².